The summed E-state index contributed by atoms with van der Waals surface area (Å²) >= 11 is 2.54. The Morgan fingerprint density at radius 2 is 2.09 bits per heavy atom. The standard InChI is InChI=1S/C12H10N4O4S3/c1-21-12-15-14-11(22-12)13-9(17)6-16-10(18)7-4-2-3-5-8(7)23(16,19)20/h2-5H,6H2,1H3,(H,13,14,17). The molecule has 2 aromatic rings. The van der Waals surface area contributed by atoms with E-state index in [1.807, 2.05) is 6.26 Å². The van der Waals surface area contributed by atoms with E-state index in [9.17, 15) is 18.0 Å². The molecule has 2 heterocycles. The van der Waals surface area contributed by atoms with Gasteiger partial charge in [0, 0.05) is 0 Å². The van der Waals surface area contributed by atoms with E-state index in [0.717, 1.165) is 11.3 Å². The number of rotatable bonds is 4. The average molecular weight is 370 g/mol. The number of thioether (sulfide) groups is 1. The number of nitrogens with zero attached hydrogens (tertiary/aromatic N) is 3. The molecule has 0 atom stereocenters. The molecule has 0 aliphatic carbocycles. The number of hydrogen-bond acceptors (Lipinski definition) is 8. The van der Waals surface area contributed by atoms with Crippen LogP contribution in [0.25, 0.3) is 0 Å². The van der Waals surface area contributed by atoms with Crippen molar-refractivity contribution >= 4 is 50.1 Å². The van der Waals surface area contributed by atoms with E-state index in [1.165, 1.54) is 30.0 Å². The maximum atomic E-state index is 12.3. The van der Waals surface area contributed by atoms with Crippen molar-refractivity contribution in [2.24, 2.45) is 0 Å². The van der Waals surface area contributed by atoms with Gasteiger partial charge in [0.05, 0.1) is 5.56 Å². The molecule has 0 saturated heterocycles. The SMILES string of the molecule is CSc1nnc(NC(=O)CN2C(=O)c3ccccc3S2(=O)=O)s1. The Hall–Kier alpha value is -1.98. The second-order valence-electron chi connectivity index (χ2n) is 4.44. The summed E-state index contributed by atoms with van der Waals surface area (Å²) in [5.74, 6) is -1.36. The molecular weight excluding hydrogens is 360 g/mol. The molecular formula is C12H10N4O4S3. The van der Waals surface area contributed by atoms with Crippen LogP contribution < -0.4 is 5.32 Å². The quantitative estimate of drug-likeness (QED) is 0.632. The maximum absolute atomic E-state index is 12.3. The van der Waals surface area contributed by atoms with Crippen molar-refractivity contribution in [3.8, 4) is 0 Å². The van der Waals surface area contributed by atoms with E-state index >= 15 is 0 Å². The molecule has 0 spiro atoms. The van der Waals surface area contributed by atoms with E-state index < -0.39 is 28.4 Å². The minimum Gasteiger partial charge on any atom is -0.299 e. The summed E-state index contributed by atoms with van der Waals surface area (Å²) in [7, 11) is -4.00. The number of anilines is 1. The van der Waals surface area contributed by atoms with Gasteiger partial charge in [-0.3, -0.25) is 14.9 Å². The molecule has 23 heavy (non-hydrogen) atoms. The zero-order valence-electron chi connectivity index (χ0n) is 11.7. The summed E-state index contributed by atoms with van der Waals surface area (Å²) in [6.45, 7) is -0.607. The maximum Gasteiger partial charge on any atom is 0.269 e. The first kappa shape index (κ1) is 15.9. The third-order valence-electron chi connectivity index (χ3n) is 3.03. The fourth-order valence-corrected chi connectivity index (χ4v) is 4.73. The van der Waals surface area contributed by atoms with Crippen LogP contribution in [0.5, 0.6) is 0 Å². The third-order valence-corrected chi connectivity index (χ3v) is 6.63. The van der Waals surface area contributed by atoms with Crippen LogP contribution in [-0.2, 0) is 14.8 Å². The molecule has 2 amide bonds. The van der Waals surface area contributed by atoms with Crippen molar-refractivity contribution < 1.29 is 18.0 Å². The van der Waals surface area contributed by atoms with Crippen LogP contribution in [0.1, 0.15) is 10.4 Å². The Morgan fingerprint density at radius 3 is 2.74 bits per heavy atom. The van der Waals surface area contributed by atoms with E-state index in [0.29, 0.717) is 8.64 Å². The van der Waals surface area contributed by atoms with E-state index in [2.05, 4.69) is 15.5 Å². The number of aromatic nitrogens is 2. The minimum absolute atomic E-state index is 0.0703. The molecule has 3 rings (SSSR count). The van der Waals surface area contributed by atoms with Gasteiger partial charge in [0.15, 0.2) is 4.34 Å². The van der Waals surface area contributed by atoms with Gasteiger partial charge in [-0.15, -0.1) is 10.2 Å². The lowest BCUT2D eigenvalue weighted by atomic mass is 10.2. The summed E-state index contributed by atoms with van der Waals surface area (Å²) in [6, 6.07) is 5.86. The van der Waals surface area contributed by atoms with Crippen molar-refractivity contribution in [3.05, 3.63) is 29.8 Å². The molecule has 0 fully saturated rings. The lowest BCUT2D eigenvalue weighted by molar-refractivity contribution is -0.116. The zero-order chi connectivity index (χ0) is 16.6. The topological polar surface area (TPSA) is 109 Å². The van der Waals surface area contributed by atoms with Gasteiger partial charge in [0.1, 0.15) is 11.4 Å². The lowest BCUT2D eigenvalue weighted by Crippen LogP contribution is -2.37. The first-order valence-corrected chi connectivity index (χ1v) is 9.75. The predicted octanol–water partition coefficient (Wildman–Crippen LogP) is 1.04. The highest BCUT2D eigenvalue weighted by molar-refractivity contribution is 8.00. The number of benzene rings is 1. The van der Waals surface area contributed by atoms with Gasteiger partial charge in [-0.2, -0.15) is 0 Å². The lowest BCUT2D eigenvalue weighted by Gasteiger charge is -2.13. The fraction of sp³-hybridized carbons (Fsp3) is 0.167. The summed E-state index contributed by atoms with van der Waals surface area (Å²) in [5.41, 5.74) is 0.0703. The van der Waals surface area contributed by atoms with Crippen LogP contribution in [0.2, 0.25) is 0 Å². The van der Waals surface area contributed by atoms with Crippen LogP contribution in [-0.4, -0.2) is 47.5 Å². The van der Waals surface area contributed by atoms with Crippen molar-refractivity contribution in [2.75, 3.05) is 18.1 Å². The van der Waals surface area contributed by atoms with Gasteiger partial charge in [-0.1, -0.05) is 35.2 Å². The Morgan fingerprint density at radius 1 is 1.35 bits per heavy atom. The highest BCUT2D eigenvalue weighted by atomic mass is 32.2. The van der Waals surface area contributed by atoms with Crippen LogP contribution >= 0.6 is 23.1 Å². The number of fused-ring (bicyclic) bond motifs is 1. The molecule has 0 radical (unpaired) electrons. The summed E-state index contributed by atoms with van der Waals surface area (Å²) in [5, 5.41) is 10.3. The predicted molar refractivity (Wildman–Crippen MR) is 85.0 cm³/mol. The number of hydrogen-bond donors (Lipinski definition) is 1. The Bertz CT molecular complexity index is 893. The molecule has 0 unspecified atom stereocenters. The smallest absolute Gasteiger partial charge is 0.269 e. The summed E-state index contributed by atoms with van der Waals surface area (Å²) in [4.78, 5) is 24.1. The Kier molecular flexibility index (Phi) is 4.08. The van der Waals surface area contributed by atoms with Gasteiger partial charge < -0.3 is 0 Å². The van der Waals surface area contributed by atoms with E-state index in [1.54, 1.807) is 6.07 Å². The molecule has 120 valence electrons. The average Bonchev–Trinajstić information content (AvgIpc) is 3.05. The van der Waals surface area contributed by atoms with Crippen LogP contribution in [0.3, 0.4) is 0 Å². The number of carbonyl (C=O) groups is 2. The molecule has 0 bridgehead atoms. The van der Waals surface area contributed by atoms with Gasteiger partial charge >= 0.3 is 0 Å². The van der Waals surface area contributed by atoms with Crippen LogP contribution in [0.4, 0.5) is 5.13 Å². The van der Waals surface area contributed by atoms with Gasteiger partial charge in [0.25, 0.3) is 15.9 Å². The minimum atomic E-state index is -4.00. The first-order valence-electron chi connectivity index (χ1n) is 6.27. The van der Waals surface area contributed by atoms with Crippen molar-refractivity contribution in [2.45, 2.75) is 9.24 Å². The zero-order valence-corrected chi connectivity index (χ0v) is 14.2. The molecule has 1 aromatic carbocycles. The van der Waals surface area contributed by atoms with Gasteiger partial charge in [-0.05, 0) is 18.4 Å². The highest BCUT2D eigenvalue weighted by Crippen LogP contribution is 2.30. The Labute approximate surface area is 140 Å². The number of sulfonamides is 1. The molecule has 8 nitrogen and oxygen atoms in total. The largest absolute Gasteiger partial charge is 0.299 e. The number of nitrogens with one attached hydrogen (secondary N) is 1. The second-order valence-corrected chi connectivity index (χ2v) is 8.30. The summed E-state index contributed by atoms with van der Waals surface area (Å²) in [6.07, 6.45) is 1.82. The summed E-state index contributed by atoms with van der Waals surface area (Å²) < 4.78 is 25.9. The van der Waals surface area contributed by atoms with E-state index in [4.69, 9.17) is 0 Å². The van der Waals surface area contributed by atoms with Crippen LogP contribution in [0.15, 0.2) is 33.5 Å². The van der Waals surface area contributed by atoms with Crippen molar-refractivity contribution in [3.63, 3.8) is 0 Å². The van der Waals surface area contributed by atoms with Crippen molar-refractivity contribution in [1.82, 2.24) is 14.5 Å². The monoisotopic (exact) mass is 370 g/mol. The number of amides is 2. The van der Waals surface area contributed by atoms with Gasteiger partial charge in [-0.25, -0.2) is 12.7 Å². The van der Waals surface area contributed by atoms with Crippen molar-refractivity contribution in [1.29, 1.82) is 0 Å². The normalized spacial score (nSPS) is 15.5. The molecule has 1 aromatic heterocycles. The highest BCUT2D eigenvalue weighted by Gasteiger charge is 2.41. The molecule has 1 N–H and O–H groups in total. The first-order chi connectivity index (χ1) is 10.9. The molecule has 1 aliphatic rings. The fourth-order valence-electron chi connectivity index (χ4n) is 2.02. The third kappa shape index (κ3) is 2.82. The number of carbonyl (C=O) groups excluding carboxylic acids is 2. The Balaban J connectivity index is 1.78. The van der Waals surface area contributed by atoms with Crippen LogP contribution in [0, 0.1) is 0 Å². The van der Waals surface area contributed by atoms with Gasteiger partial charge in [0.2, 0.25) is 11.0 Å². The molecule has 0 saturated carbocycles. The second kappa shape index (κ2) is 5.91. The molecule has 11 heteroatoms. The van der Waals surface area contributed by atoms with E-state index in [-0.39, 0.29) is 15.6 Å². The molecule has 1 aliphatic heterocycles.